The van der Waals surface area contributed by atoms with Gasteiger partial charge >= 0.3 is 0 Å². The maximum atomic E-state index is 3.59. The first kappa shape index (κ1) is 10.2. The smallest absolute Gasteiger partial charge is 0.0232 e. The van der Waals surface area contributed by atoms with Crippen LogP contribution in [0.5, 0.6) is 0 Å². The molecule has 1 aliphatic heterocycles. The molecule has 0 saturated carbocycles. The van der Waals surface area contributed by atoms with Gasteiger partial charge in [0.2, 0.25) is 0 Å². The molecule has 1 aromatic heterocycles. The molecule has 2 heteroatoms. The summed E-state index contributed by atoms with van der Waals surface area (Å²) in [7, 11) is 0. The summed E-state index contributed by atoms with van der Waals surface area (Å²) in [5.41, 5.74) is 0.383. The monoisotopic (exact) mass is 209 g/mol. The molecule has 2 rings (SSSR count). The van der Waals surface area contributed by atoms with Gasteiger partial charge < -0.3 is 5.32 Å². The van der Waals surface area contributed by atoms with Gasteiger partial charge in [-0.25, -0.2) is 0 Å². The van der Waals surface area contributed by atoms with Crippen molar-refractivity contribution in [3.8, 4) is 0 Å². The minimum absolute atomic E-state index is 0.383. The Hall–Kier alpha value is -0.340. The summed E-state index contributed by atoms with van der Waals surface area (Å²) in [4.78, 5) is 1.56. The molecule has 78 valence electrons. The fourth-order valence-electron chi connectivity index (χ4n) is 2.85. The normalized spacial score (nSPS) is 32.7. The van der Waals surface area contributed by atoms with Gasteiger partial charge in [-0.15, -0.1) is 11.3 Å². The van der Waals surface area contributed by atoms with Crippen LogP contribution in [0.25, 0.3) is 0 Å². The summed E-state index contributed by atoms with van der Waals surface area (Å²) >= 11 is 1.91. The summed E-state index contributed by atoms with van der Waals surface area (Å²) in [6.07, 6.45) is 1.28. The molecule has 1 nitrogen and oxygen atoms in total. The molecule has 0 spiro atoms. The Morgan fingerprint density at radius 1 is 1.57 bits per heavy atom. The van der Waals surface area contributed by atoms with E-state index >= 15 is 0 Å². The highest BCUT2D eigenvalue weighted by Gasteiger charge is 2.44. The van der Waals surface area contributed by atoms with Gasteiger partial charge in [-0.3, -0.25) is 0 Å². The lowest BCUT2D eigenvalue weighted by molar-refractivity contribution is 0.287. The molecule has 0 aromatic carbocycles. The number of hydrogen-bond donors (Lipinski definition) is 1. The van der Waals surface area contributed by atoms with Gasteiger partial charge in [0.05, 0.1) is 0 Å². The topological polar surface area (TPSA) is 12.0 Å². The average molecular weight is 209 g/mol. The van der Waals surface area contributed by atoms with Gasteiger partial charge in [-0.1, -0.05) is 19.9 Å². The third-order valence-electron chi connectivity index (χ3n) is 3.77. The van der Waals surface area contributed by atoms with Crippen molar-refractivity contribution in [3.63, 3.8) is 0 Å². The Balaban J connectivity index is 2.41. The summed E-state index contributed by atoms with van der Waals surface area (Å²) in [5, 5.41) is 5.79. The Morgan fingerprint density at radius 2 is 2.36 bits per heavy atom. The second-order valence-corrected chi connectivity index (χ2v) is 5.55. The second-order valence-electron chi connectivity index (χ2n) is 4.60. The number of thiophene rings is 1. The summed E-state index contributed by atoms with van der Waals surface area (Å²) in [6, 6.07) is 5.09. The van der Waals surface area contributed by atoms with Crippen molar-refractivity contribution in [2.24, 2.45) is 5.92 Å². The van der Waals surface area contributed by atoms with E-state index in [2.05, 4.69) is 43.6 Å². The van der Waals surface area contributed by atoms with Gasteiger partial charge in [0.1, 0.15) is 0 Å². The first-order valence-electron chi connectivity index (χ1n) is 5.45. The van der Waals surface area contributed by atoms with Crippen LogP contribution in [0.2, 0.25) is 0 Å². The van der Waals surface area contributed by atoms with E-state index in [9.17, 15) is 0 Å². The molecular formula is C12H19NS. The van der Waals surface area contributed by atoms with Crippen LogP contribution in [0.4, 0.5) is 0 Å². The van der Waals surface area contributed by atoms with Gasteiger partial charge in [0.25, 0.3) is 0 Å². The zero-order valence-electron chi connectivity index (χ0n) is 9.21. The minimum Gasteiger partial charge on any atom is -0.313 e. The van der Waals surface area contributed by atoms with E-state index in [0.29, 0.717) is 17.4 Å². The Bertz CT molecular complexity index is 291. The van der Waals surface area contributed by atoms with Gasteiger partial charge in [-0.05, 0) is 37.3 Å². The summed E-state index contributed by atoms with van der Waals surface area (Å²) in [5.74, 6) is 0.714. The van der Waals surface area contributed by atoms with Crippen molar-refractivity contribution in [2.45, 2.75) is 38.6 Å². The zero-order chi connectivity index (χ0) is 10.2. The molecule has 1 saturated heterocycles. The largest absolute Gasteiger partial charge is 0.313 e. The fourth-order valence-corrected chi connectivity index (χ4v) is 4.04. The molecule has 1 aromatic rings. The van der Waals surface area contributed by atoms with Crippen molar-refractivity contribution >= 4 is 11.3 Å². The molecule has 0 bridgehead atoms. The molecule has 0 amide bonds. The maximum absolute atomic E-state index is 3.59. The molecule has 0 aliphatic carbocycles. The highest BCUT2D eigenvalue weighted by atomic mass is 32.1. The lowest BCUT2D eigenvalue weighted by atomic mass is 9.71. The second kappa shape index (κ2) is 3.67. The number of nitrogens with one attached hydrogen (secondary N) is 1. The third-order valence-corrected chi connectivity index (χ3v) is 4.84. The van der Waals surface area contributed by atoms with Gasteiger partial charge in [-0.2, -0.15) is 0 Å². The molecule has 2 heterocycles. The Morgan fingerprint density at radius 3 is 2.79 bits per heavy atom. The highest BCUT2D eigenvalue weighted by Crippen LogP contribution is 2.43. The lowest BCUT2D eigenvalue weighted by Crippen LogP contribution is -2.41. The van der Waals surface area contributed by atoms with Crippen LogP contribution in [0, 0.1) is 5.92 Å². The van der Waals surface area contributed by atoms with E-state index in [4.69, 9.17) is 0 Å². The molecule has 1 N–H and O–H groups in total. The average Bonchev–Trinajstić information content (AvgIpc) is 2.72. The third kappa shape index (κ3) is 1.32. The van der Waals surface area contributed by atoms with Crippen LogP contribution in [0.1, 0.15) is 32.1 Å². The van der Waals surface area contributed by atoms with Crippen LogP contribution in [0.3, 0.4) is 0 Å². The van der Waals surface area contributed by atoms with E-state index in [1.807, 2.05) is 11.3 Å². The van der Waals surface area contributed by atoms with E-state index in [0.717, 1.165) is 6.54 Å². The van der Waals surface area contributed by atoms with E-state index in [1.54, 1.807) is 4.88 Å². The predicted octanol–water partition coefficient (Wildman–Crippen LogP) is 3.02. The Kier molecular flexibility index (Phi) is 2.67. The van der Waals surface area contributed by atoms with E-state index in [1.165, 1.54) is 6.42 Å². The van der Waals surface area contributed by atoms with E-state index in [-0.39, 0.29) is 0 Å². The first-order chi connectivity index (χ1) is 6.68. The summed E-state index contributed by atoms with van der Waals surface area (Å²) < 4.78 is 0. The molecule has 0 radical (unpaired) electrons. The molecule has 1 aliphatic rings. The quantitative estimate of drug-likeness (QED) is 0.789. The summed E-state index contributed by atoms with van der Waals surface area (Å²) in [6.45, 7) is 8.19. The minimum atomic E-state index is 0.383. The zero-order valence-corrected chi connectivity index (χ0v) is 10.0. The van der Waals surface area contributed by atoms with Crippen molar-refractivity contribution in [3.05, 3.63) is 22.4 Å². The molecular weight excluding hydrogens is 190 g/mol. The van der Waals surface area contributed by atoms with Crippen LogP contribution < -0.4 is 5.32 Å². The van der Waals surface area contributed by atoms with Crippen LogP contribution in [-0.2, 0) is 5.41 Å². The van der Waals surface area contributed by atoms with Crippen molar-refractivity contribution < 1.29 is 0 Å². The lowest BCUT2D eigenvalue weighted by Gasteiger charge is -2.36. The van der Waals surface area contributed by atoms with Gasteiger partial charge in [0.15, 0.2) is 0 Å². The molecule has 2 atom stereocenters. The van der Waals surface area contributed by atoms with E-state index < -0.39 is 0 Å². The predicted molar refractivity (Wildman–Crippen MR) is 62.9 cm³/mol. The standard InChI is InChI=1S/C12H19NS/c1-9(2)12(6-7-13-10(12)3)11-5-4-8-14-11/h4-5,8-10,13H,6-7H2,1-3H3. The number of rotatable bonds is 2. The van der Waals surface area contributed by atoms with Crippen molar-refractivity contribution in [1.82, 2.24) is 5.32 Å². The van der Waals surface area contributed by atoms with Crippen LogP contribution in [-0.4, -0.2) is 12.6 Å². The van der Waals surface area contributed by atoms with Crippen LogP contribution in [0.15, 0.2) is 17.5 Å². The molecule has 2 unspecified atom stereocenters. The molecule has 1 fully saturated rings. The number of hydrogen-bond acceptors (Lipinski definition) is 2. The highest BCUT2D eigenvalue weighted by molar-refractivity contribution is 7.10. The first-order valence-corrected chi connectivity index (χ1v) is 6.33. The Labute approximate surface area is 90.5 Å². The SMILES string of the molecule is CC(C)C1(c2cccs2)CCNC1C. The molecule has 14 heavy (non-hydrogen) atoms. The van der Waals surface area contributed by atoms with Crippen molar-refractivity contribution in [1.29, 1.82) is 0 Å². The van der Waals surface area contributed by atoms with Crippen LogP contribution >= 0.6 is 11.3 Å². The van der Waals surface area contributed by atoms with Crippen molar-refractivity contribution in [2.75, 3.05) is 6.54 Å². The van der Waals surface area contributed by atoms with Gasteiger partial charge in [0, 0.05) is 16.3 Å². The fraction of sp³-hybridized carbons (Fsp3) is 0.667. The maximum Gasteiger partial charge on any atom is 0.0232 e.